The number of fused-ring (bicyclic) bond motifs is 1. The van der Waals surface area contributed by atoms with Gasteiger partial charge >= 0.3 is 5.69 Å². The number of H-pyrrole nitrogens is 1. The summed E-state index contributed by atoms with van der Waals surface area (Å²) in [4.78, 5) is 57.9. The standard InChI is InChI=1S/C24H21N5O4S/c1-13-6-2-5-9-17(13)29-22(32)15-7-3-4-8-16(15)26-24(29)34-12-18(30)19-20(25)28(14-10-11-14)23(33)27-21(19)31/h2-9,14H,10-12,25H2,1H3,(H,27,31,33). The molecule has 2 aromatic heterocycles. The summed E-state index contributed by atoms with van der Waals surface area (Å²) >= 11 is 1.04. The highest BCUT2D eigenvalue weighted by molar-refractivity contribution is 7.99. The molecule has 0 spiro atoms. The highest BCUT2D eigenvalue weighted by Gasteiger charge is 2.30. The van der Waals surface area contributed by atoms with Gasteiger partial charge in [0.2, 0.25) is 0 Å². The molecule has 34 heavy (non-hydrogen) atoms. The highest BCUT2D eigenvalue weighted by atomic mass is 32.2. The van der Waals surface area contributed by atoms with E-state index in [1.807, 2.05) is 31.2 Å². The van der Waals surface area contributed by atoms with Crippen molar-refractivity contribution in [2.24, 2.45) is 0 Å². The normalized spacial score (nSPS) is 13.3. The van der Waals surface area contributed by atoms with E-state index in [2.05, 4.69) is 9.97 Å². The van der Waals surface area contributed by atoms with Gasteiger partial charge in [-0.25, -0.2) is 9.78 Å². The van der Waals surface area contributed by atoms with E-state index in [4.69, 9.17) is 5.73 Å². The van der Waals surface area contributed by atoms with E-state index < -0.39 is 17.0 Å². The van der Waals surface area contributed by atoms with Crippen molar-refractivity contribution in [2.75, 3.05) is 11.5 Å². The second-order valence-electron chi connectivity index (χ2n) is 8.17. The number of nitrogens with zero attached hydrogens (tertiary/aromatic N) is 3. The van der Waals surface area contributed by atoms with Crippen LogP contribution < -0.4 is 22.5 Å². The van der Waals surface area contributed by atoms with Crippen LogP contribution in [0.4, 0.5) is 5.82 Å². The first-order chi connectivity index (χ1) is 16.4. The fourth-order valence-electron chi connectivity index (χ4n) is 3.97. The van der Waals surface area contributed by atoms with Crippen molar-refractivity contribution in [1.82, 2.24) is 19.1 Å². The van der Waals surface area contributed by atoms with Crippen LogP contribution in [0.15, 0.2) is 68.1 Å². The van der Waals surface area contributed by atoms with Gasteiger partial charge in [-0.2, -0.15) is 0 Å². The molecule has 0 amide bonds. The quantitative estimate of drug-likeness (QED) is 0.249. The lowest BCUT2D eigenvalue weighted by Gasteiger charge is -2.15. The van der Waals surface area contributed by atoms with E-state index in [0.717, 1.165) is 30.2 Å². The van der Waals surface area contributed by atoms with Crippen molar-refractivity contribution in [3.05, 3.63) is 90.8 Å². The number of rotatable bonds is 6. The van der Waals surface area contributed by atoms with E-state index in [9.17, 15) is 19.2 Å². The fraction of sp³-hybridized carbons (Fsp3) is 0.208. The molecular formula is C24H21N5O4S. The molecular weight excluding hydrogens is 454 g/mol. The highest BCUT2D eigenvalue weighted by Crippen LogP contribution is 2.35. The minimum atomic E-state index is -0.812. The van der Waals surface area contributed by atoms with Crippen molar-refractivity contribution in [3.8, 4) is 5.69 Å². The average molecular weight is 476 g/mol. The number of aromatic amines is 1. The molecule has 0 unspecified atom stereocenters. The summed E-state index contributed by atoms with van der Waals surface area (Å²) in [5, 5.41) is 0.774. The van der Waals surface area contributed by atoms with E-state index >= 15 is 0 Å². The Kier molecular flexibility index (Phi) is 5.45. The van der Waals surface area contributed by atoms with E-state index in [-0.39, 0.29) is 28.7 Å². The maximum Gasteiger partial charge on any atom is 0.330 e. The molecule has 4 aromatic rings. The number of nitrogens with one attached hydrogen (secondary N) is 1. The van der Waals surface area contributed by atoms with Gasteiger partial charge in [0.05, 0.1) is 22.3 Å². The van der Waals surface area contributed by atoms with Gasteiger partial charge in [0, 0.05) is 6.04 Å². The Labute approximate surface area is 197 Å². The molecule has 2 heterocycles. The van der Waals surface area contributed by atoms with Crippen molar-refractivity contribution in [3.63, 3.8) is 0 Å². The summed E-state index contributed by atoms with van der Waals surface area (Å²) in [5.74, 6) is -0.853. The van der Waals surface area contributed by atoms with Crippen molar-refractivity contribution in [2.45, 2.75) is 31.0 Å². The summed E-state index contributed by atoms with van der Waals surface area (Å²) in [6.07, 6.45) is 1.53. The zero-order chi connectivity index (χ0) is 24.0. The van der Waals surface area contributed by atoms with Gasteiger partial charge in [0.1, 0.15) is 11.4 Å². The zero-order valence-corrected chi connectivity index (χ0v) is 19.1. The first kappa shape index (κ1) is 21.9. The first-order valence-corrected chi connectivity index (χ1v) is 11.7. The maximum atomic E-state index is 13.4. The summed E-state index contributed by atoms with van der Waals surface area (Å²) in [6, 6.07) is 14.3. The monoisotopic (exact) mass is 475 g/mol. The Morgan fingerprint density at radius 3 is 2.56 bits per heavy atom. The summed E-state index contributed by atoms with van der Waals surface area (Å²) in [6.45, 7) is 1.89. The summed E-state index contributed by atoms with van der Waals surface area (Å²) < 4.78 is 2.76. The second kappa shape index (κ2) is 8.45. The molecule has 10 heteroatoms. The van der Waals surface area contributed by atoms with Gasteiger partial charge in [-0.15, -0.1) is 0 Å². The third-order valence-corrected chi connectivity index (χ3v) is 6.75. The summed E-state index contributed by atoms with van der Waals surface area (Å²) in [5.41, 5.74) is 6.18. The fourth-order valence-corrected chi connectivity index (χ4v) is 4.85. The molecule has 0 aliphatic heterocycles. The number of carbonyl (C=O) groups excluding carboxylic acids is 1. The number of hydrogen-bond acceptors (Lipinski definition) is 7. The lowest BCUT2D eigenvalue weighted by Crippen LogP contribution is -2.36. The largest absolute Gasteiger partial charge is 0.384 e. The Hall–Kier alpha value is -3.92. The van der Waals surface area contributed by atoms with Gasteiger partial charge in [-0.05, 0) is 43.5 Å². The molecule has 0 radical (unpaired) electrons. The molecule has 172 valence electrons. The van der Waals surface area contributed by atoms with Crippen LogP contribution in [0.2, 0.25) is 0 Å². The number of Topliss-reactive ketones (excluding diaryl/α,β-unsaturated/α-hetero) is 1. The number of ketones is 1. The summed E-state index contributed by atoms with van der Waals surface area (Å²) in [7, 11) is 0. The first-order valence-electron chi connectivity index (χ1n) is 10.7. The number of thioether (sulfide) groups is 1. The molecule has 3 N–H and O–H groups in total. The maximum absolute atomic E-state index is 13.4. The number of benzene rings is 2. The van der Waals surface area contributed by atoms with Gasteiger partial charge < -0.3 is 5.73 Å². The minimum absolute atomic E-state index is 0.100. The minimum Gasteiger partial charge on any atom is -0.384 e. The number of para-hydroxylation sites is 2. The van der Waals surface area contributed by atoms with Gasteiger partial charge in [0.15, 0.2) is 10.9 Å². The molecule has 1 fully saturated rings. The number of nitrogens with two attached hydrogens (primary N) is 1. The van der Waals surface area contributed by atoms with E-state index in [1.165, 1.54) is 9.13 Å². The van der Waals surface area contributed by atoms with E-state index in [1.54, 1.807) is 24.3 Å². The van der Waals surface area contributed by atoms with E-state index in [0.29, 0.717) is 21.7 Å². The van der Waals surface area contributed by atoms with Crippen LogP contribution in [-0.4, -0.2) is 30.6 Å². The predicted molar refractivity (Wildman–Crippen MR) is 131 cm³/mol. The Balaban J connectivity index is 1.57. The van der Waals surface area contributed by atoms with Crippen molar-refractivity contribution >= 4 is 34.3 Å². The van der Waals surface area contributed by atoms with Gasteiger partial charge in [0.25, 0.3) is 11.1 Å². The number of carbonyl (C=O) groups is 1. The number of aromatic nitrogens is 4. The molecule has 1 aliphatic rings. The molecule has 1 aliphatic carbocycles. The number of anilines is 1. The molecule has 9 nitrogen and oxygen atoms in total. The predicted octanol–water partition coefficient (Wildman–Crippen LogP) is 2.44. The van der Waals surface area contributed by atoms with Crippen LogP contribution in [0.1, 0.15) is 34.8 Å². The Morgan fingerprint density at radius 1 is 1.12 bits per heavy atom. The smallest absolute Gasteiger partial charge is 0.330 e. The SMILES string of the molecule is Cc1ccccc1-n1c(SCC(=O)c2c(N)n(C3CC3)c(=O)[nH]c2=O)nc2ccccc2c1=O. The lowest BCUT2D eigenvalue weighted by atomic mass is 10.2. The topological polar surface area (TPSA) is 133 Å². The lowest BCUT2D eigenvalue weighted by molar-refractivity contribution is 0.102. The number of hydrogen-bond donors (Lipinski definition) is 2. The average Bonchev–Trinajstić information content (AvgIpc) is 3.63. The number of nitrogen functional groups attached to an aromatic ring is 1. The Morgan fingerprint density at radius 2 is 1.82 bits per heavy atom. The van der Waals surface area contributed by atoms with Gasteiger partial charge in [-0.1, -0.05) is 42.1 Å². The van der Waals surface area contributed by atoms with Crippen LogP contribution in [0.5, 0.6) is 0 Å². The third-order valence-electron chi connectivity index (χ3n) is 5.81. The molecule has 0 atom stereocenters. The van der Waals surface area contributed by atoms with Crippen LogP contribution in [0.3, 0.4) is 0 Å². The van der Waals surface area contributed by atoms with Crippen molar-refractivity contribution < 1.29 is 4.79 Å². The van der Waals surface area contributed by atoms with Crippen molar-refractivity contribution in [1.29, 1.82) is 0 Å². The molecule has 0 saturated heterocycles. The third kappa shape index (κ3) is 3.75. The van der Waals surface area contributed by atoms with Gasteiger partial charge in [-0.3, -0.25) is 28.5 Å². The molecule has 5 rings (SSSR count). The Bertz CT molecular complexity index is 1630. The zero-order valence-electron chi connectivity index (χ0n) is 18.3. The second-order valence-corrected chi connectivity index (χ2v) is 9.11. The molecule has 1 saturated carbocycles. The van der Waals surface area contributed by atoms with Crippen LogP contribution in [-0.2, 0) is 0 Å². The molecule has 2 aromatic carbocycles. The van der Waals surface area contributed by atoms with Crippen LogP contribution >= 0.6 is 11.8 Å². The number of aryl methyl sites for hydroxylation is 1. The van der Waals surface area contributed by atoms with Crippen LogP contribution in [0.25, 0.3) is 16.6 Å². The van der Waals surface area contributed by atoms with Crippen LogP contribution in [0, 0.1) is 6.92 Å². The molecule has 0 bridgehead atoms.